The van der Waals surface area contributed by atoms with E-state index in [1.54, 1.807) is 7.11 Å². The van der Waals surface area contributed by atoms with Crippen LogP contribution in [0.3, 0.4) is 0 Å². The van der Waals surface area contributed by atoms with Crippen LogP contribution in [0.1, 0.15) is 31.2 Å². The Morgan fingerprint density at radius 2 is 2.26 bits per heavy atom. The van der Waals surface area contributed by atoms with Crippen molar-refractivity contribution in [2.75, 3.05) is 7.11 Å². The van der Waals surface area contributed by atoms with Crippen LogP contribution in [0.15, 0.2) is 24.3 Å². The highest BCUT2D eigenvalue weighted by atomic mass is 16.5. The van der Waals surface area contributed by atoms with E-state index in [9.17, 15) is 4.79 Å². The Bertz CT molecular complexity index is 433. The minimum atomic E-state index is -0.127. The molecule has 2 atom stereocenters. The molecule has 1 aromatic carbocycles. The number of ether oxygens (including phenoxy) is 2. The van der Waals surface area contributed by atoms with Gasteiger partial charge in [-0.2, -0.15) is 0 Å². The predicted octanol–water partition coefficient (Wildman–Crippen LogP) is 2.26. The number of hydrogen-bond donors (Lipinski definition) is 1. The van der Waals surface area contributed by atoms with Gasteiger partial charge in [0.1, 0.15) is 12.4 Å². The van der Waals surface area contributed by atoms with Gasteiger partial charge < -0.3 is 15.2 Å². The van der Waals surface area contributed by atoms with Crippen LogP contribution in [0.5, 0.6) is 5.75 Å². The van der Waals surface area contributed by atoms with E-state index in [0.717, 1.165) is 37.0 Å². The summed E-state index contributed by atoms with van der Waals surface area (Å²) in [6.45, 7) is 0.293. The van der Waals surface area contributed by atoms with E-state index in [1.807, 2.05) is 24.3 Å². The summed E-state index contributed by atoms with van der Waals surface area (Å²) in [7, 11) is 1.62. The lowest BCUT2D eigenvalue weighted by molar-refractivity contribution is -0.151. The zero-order chi connectivity index (χ0) is 13.7. The average Bonchev–Trinajstić information content (AvgIpc) is 2.45. The number of esters is 1. The second-order valence-corrected chi connectivity index (χ2v) is 5.08. The maximum atomic E-state index is 12.0. The molecule has 19 heavy (non-hydrogen) atoms. The van der Waals surface area contributed by atoms with Crippen LogP contribution in [0.4, 0.5) is 0 Å². The zero-order valence-corrected chi connectivity index (χ0v) is 11.3. The Balaban J connectivity index is 1.85. The van der Waals surface area contributed by atoms with Crippen LogP contribution in [-0.2, 0) is 16.1 Å². The van der Waals surface area contributed by atoms with Crippen molar-refractivity contribution in [3.05, 3.63) is 29.8 Å². The second kappa shape index (κ2) is 6.57. The number of methoxy groups -OCH3 is 1. The minimum absolute atomic E-state index is 0.0330. The summed E-state index contributed by atoms with van der Waals surface area (Å²) >= 11 is 0. The van der Waals surface area contributed by atoms with Crippen molar-refractivity contribution in [3.8, 4) is 5.75 Å². The number of carbonyl (C=O) groups excluding carboxylic acids is 1. The summed E-state index contributed by atoms with van der Waals surface area (Å²) < 4.78 is 10.5. The molecule has 104 valence electrons. The molecule has 0 heterocycles. The normalized spacial score (nSPS) is 22.8. The lowest BCUT2D eigenvalue weighted by Gasteiger charge is -2.24. The van der Waals surface area contributed by atoms with Crippen molar-refractivity contribution in [2.45, 2.75) is 38.3 Å². The molecule has 0 aromatic heterocycles. The molecule has 1 fully saturated rings. The highest BCUT2D eigenvalue weighted by Crippen LogP contribution is 2.24. The van der Waals surface area contributed by atoms with Crippen molar-refractivity contribution in [2.24, 2.45) is 11.7 Å². The molecule has 0 aliphatic heterocycles. The van der Waals surface area contributed by atoms with Gasteiger partial charge in [-0.25, -0.2) is 0 Å². The van der Waals surface area contributed by atoms with E-state index in [-0.39, 0.29) is 17.9 Å². The first-order valence-electron chi connectivity index (χ1n) is 6.74. The summed E-state index contributed by atoms with van der Waals surface area (Å²) in [6.07, 6.45) is 3.67. The Labute approximate surface area is 113 Å². The SMILES string of the molecule is COc1cccc(COC(=O)C2CCCC(N)C2)c1. The summed E-state index contributed by atoms with van der Waals surface area (Å²) in [5.74, 6) is 0.612. The first kappa shape index (κ1) is 13.9. The first-order chi connectivity index (χ1) is 9.19. The summed E-state index contributed by atoms with van der Waals surface area (Å²) in [5, 5.41) is 0. The number of carbonyl (C=O) groups is 1. The van der Waals surface area contributed by atoms with Gasteiger partial charge in [0, 0.05) is 6.04 Å². The van der Waals surface area contributed by atoms with Gasteiger partial charge in [0.15, 0.2) is 0 Å². The van der Waals surface area contributed by atoms with Crippen LogP contribution >= 0.6 is 0 Å². The first-order valence-corrected chi connectivity index (χ1v) is 6.74. The fourth-order valence-corrected chi connectivity index (χ4v) is 2.48. The standard InChI is InChI=1S/C15H21NO3/c1-18-14-7-2-4-11(8-14)10-19-15(17)12-5-3-6-13(16)9-12/h2,4,7-8,12-13H,3,5-6,9-10,16H2,1H3. The third-order valence-electron chi connectivity index (χ3n) is 3.56. The molecule has 0 spiro atoms. The van der Waals surface area contributed by atoms with Gasteiger partial charge in [0.2, 0.25) is 0 Å². The van der Waals surface area contributed by atoms with E-state index < -0.39 is 0 Å². The van der Waals surface area contributed by atoms with E-state index >= 15 is 0 Å². The van der Waals surface area contributed by atoms with Gasteiger partial charge in [0.05, 0.1) is 13.0 Å². The highest BCUT2D eigenvalue weighted by Gasteiger charge is 2.26. The highest BCUT2D eigenvalue weighted by molar-refractivity contribution is 5.72. The average molecular weight is 263 g/mol. The monoisotopic (exact) mass is 263 g/mol. The smallest absolute Gasteiger partial charge is 0.309 e. The fraction of sp³-hybridized carbons (Fsp3) is 0.533. The summed E-state index contributed by atoms with van der Waals surface area (Å²) in [5.41, 5.74) is 6.82. The van der Waals surface area contributed by atoms with Gasteiger partial charge in [-0.15, -0.1) is 0 Å². The second-order valence-electron chi connectivity index (χ2n) is 5.08. The number of hydrogen-bond acceptors (Lipinski definition) is 4. The molecule has 1 aromatic rings. The van der Waals surface area contributed by atoms with Gasteiger partial charge in [-0.05, 0) is 37.0 Å². The van der Waals surface area contributed by atoms with Crippen LogP contribution in [0.25, 0.3) is 0 Å². The van der Waals surface area contributed by atoms with Crippen LogP contribution in [0, 0.1) is 5.92 Å². The summed E-state index contributed by atoms with van der Waals surface area (Å²) in [4.78, 5) is 12.0. The molecule has 2 N–H and O–H groups in total. The van der Waals surface area contributed by atoms with Crippen molar-refractivity contribution >= 4 is 5.97 Å². The van der Waals surface area contributed by atoms with Crippen molar-refractivity contribution in [3.63, 3.8) is 0 Å². The van der Waals surface area contributed by atoms with E-state index in [4.69, 9.17) is 15.2 Å². The van der Waals surface area contributed by atoms with Gasteiger partial charge >= 0.3 is 5.97 Å². The zero-order valence-electron chi connectivity index (χ0n) is 11.3. The summed E-state index contributed by atoms with van der Waals surface area (Å²) in [6, 6.07) is 7.69. The Morgan fingerprint density at radius 3 is 3.00 bits per heavy atom. The number of nitrogens with two attached hydrogens (primary N) is 1. The van der Waals surface area contributed by atoms with Crippen LogP contribution in [0.2, 0.25) is 0 Å². The lowest BCUT2D eigenvalue weighted by atomic mass is 9.86. The molecule has 4 nitrogen and oxygen atoms in total. The predicted molar refractivity (Wildman–Crippen MR) is 72.7 cm³/mol. The molecule has 2 rings (SSSR count). The quantitative estimate of drug-likeness (QED) is 0.846. The third-order valence-corrected chi connectivity index (χ3v) is 3.56. The Morgan fingerprint density at radius 1 is 1.42 bits per heavy atom. The van der Waals surface area contributed by atoms with Crippen molar-refractivity contribution in [1.29, 1.82) is 0 Å². The maximum Gasteiger partial charge on any atom is 0.309 e. The lowest BCUT2D eigenvalue weighted by Crippen LogP contribution is -2.32. The largest absolute Gasteiger partial charge is 0.497 e. The topological polar surface area (TPSA) is 61.5 Å². The molecule has 2 unspecified atom stereocenters. The maximum absolute atomic E-state index is 12.0. The Hall–Kier alpha value is -1.55. The minimum Gasteiger partial charge on any atom is -0.497 e. The molecular formula is C15H21NO3. The van der Waals surface area contributed by atoms with Crippen LogP contribution < -0.4 is 10.5 Å². The molecule has 0 radical (unpaired) electrons. The Kier molecular flexibility index (Phi) is 4.80. The molecule has 1 aliphatic rings. The molecule has 4 heteroatoms. The van der Waals surface area contributed by atoms with Crippen LogP contribution in [-0.4, -0.2) is 19.1 Å². The van der Waals surface area contributed by atoms with E-state index in [2.05, 4.69) is 0 Å². The van der Waals surface area contributed by atoms with E-state index in [0.29, 0.717) is 6.61 Å². The number of benzene rings is 1. The van der Waals surface area contributed by atoms with Gasteiger partial charge in [-0.3, -0.25) is 4.79 Å². The van der Waals surface area contributed by atoms with Crippen molar-refractivity contribution in [1.82, 2.24) is 0 Å². The van der Waals surface area contributed by atoms with Gasteiger partial charge in [0.25, 0.3) is 0 Å². The molecule has 0 saturated heterocycles. The van der Waals surface area contributed by atoms with Gasteiger partial charge in [-0.1, -0.05) is 18.6 Å². The molecule has 1 aliphatic carbocycles. The number of rotatable bonds is 4. The fourth-order valence-electron chi connectivity index (χ4n) is 2.48. The molecule has 1 saturated carbocycles. The van der Waals surface area contributed by atoms with Crippen molar-refractivity contribution < 1.29 is 14.3 Å². The van der Waals surface area contributed by atoms with E-state index in [1.165, 1.54) is 0 Å². The molecular weight excluding hydrogens is 242 g/mol. The molecule has 0 bridgehead atoms. The molecule has 0 amide bonds. The third kappa shape index (κ3) is 3.96.